The number of esters is 1. The molecule has 1 saturated heterocycles. The zero-order chi connectivity index (χ0) is 25.2. The van der Waals surface area contributed by atoms with E-state index in [2.05, 4.69) is 29.6 Å². The highest BCUT2D eigenvalue weighted by atomic mass is 32.2. The summed E-state index contributed by atoms with van der Waals surface area (Å²) in [7, 11) is 4.03. The monoisotopic (exact) mass is 504 g/mol. The second kappa shape index (κ2) is 8.82. The van der Waals surface area contributed by atoms with Crippen molar-refractivity contribution in [2.24, 2.45) is 0 Å². The summed E-state index contributed by atoms with van der Waals surface area (Å²) in [5, 5.41) is 14.5. The summed E-state index contributed by atoms with van der Waals surface area (Å²) < 4.78 is 19.0. The first-order valence-electron chi connectivity index (χ1n) is 12.8. The van der Waals surface area contributed by atoms with Crippen LogP contribution in [0.15, 0.2) is 12.1 Å². The van der Waals surface area contributed by atoms with E-state index in [0.29, 0.717) is 12.2 Å². The van der Waals surface area contributed by atoms with E-state index in [4.69, 9.17) is 14.2 Å². The van der Waals surface area contributed by atoms with Crippen LogP contribution in [0.4, 0.5) is 0 Å². The van der Waals surface area contributed by atoms with Gasteiger partial charge in [-0.25, -0.2) is 0 Å². The molecule has 194 valence electrons. The number of nitrogens with zero attached hydrogens (tertiary/aromatic N) is 1. The van der Waals surface area contributed by atoms with Gasteiger partial charge in [0.1, 0.15) is 17.7 Å². The maximum Gasteiger partial charge on any atom is 0.323 e. The lowest BCUT2D eigenvalue weighted by molar-refractivity contribution is -0.204. The van der Waals surface area contributed by atoms with Crippen molar-refractivity contribution in [3.8, 4) is 11.5 Å². The summed E-state index contributed by atoms with van der Waals surface area (Å²) in [4.78, 5) is 15.6. The molecule has 1 aromatic rings. The van der Waals surface area contributed by atoms with E-state index in [-0.39, 0.29) is 35.3 Å². The van der Waals surface area contributed by atoms with Crippen LogP contribution in [-0.2, 0) is 26.1 Å². The molecule has 4 aliphatic rings. The third-order valence-corrected chi connectivity index (χ3v) is 9.42. The smallest absolute Gasteiger partial charge is 0.323 e. The summed E-state index contributed by atoms with van der Waals surface area (Å²) in [6, 6.07) is 3.60. The van der Waals surface area contributed by atoms with Gasteiger partial charge in [0, 0.05) is 24.8 Å². The molecule has 6 atom stereocenters. The molecule has 1 saturated carbocycles. The standard InChI is InChI=1S/C27H40N2O5S/c1-25(2,3)34-24(31)18(10-14-35-6)28-17-9-11-27(32-5)20-15-16-7-8-19(30)22-21(16)26(27,23(17)33-22)12-13-29(20)4/h7-8,17-18,20,23,28,30H,9-15H2,1-6H3/t17-,18+,20-,23+,26+,27-/m1/s1. The molecular weight excluding hydrogens is 464 g/mol. The van der Waals surface area contributed by atoms with E-state index in [0.717, 1.165) is 43.5 Å². The van der Waals surface area contributed by atoms with E-state index in [9.17, 15) is 9.90 Å². The fourth-order valence-electron chi connectivity index (χ4n) is 7.45. The molecule has 2 fully saturated rings. The lowest BCUT2D eigenvalue weighted by Gasteiger charge is -2.65. The third-order valence-electron chi connectivity index (χ3n) is 8.77. The van der Waals surface area contributed by atoms with Gasteiger partial charge < -0.3 is 24.2 Å². The van der Waals surface area contributed by atoms with Gasteiger partial charge >= 0.3 is 5.97 Å². The second-order valence-corrected chi connectivity index (χ2v) is 12.7. The van der Waals surface area contributed by atoms with Crippen LogP contribution in [0.25, 0.3) is 0 Å². The first kappa shape index (κ1) is 25.2. The van der Waals surface area contributed by atoms with Crippen LogP contribution >= 0.6 is 11.8 Å². The molecule has 7 nitrogen and oxygen atoms in total. The molecule has 1 spiro atoms. The number of aromatic hydroxyl groups is 1. The normalized spacial score (nSPS) is 34.2. The van der Waals surface area contributed by atoms with Crippen molar-refractivity contribution >= 4 is 17.7 Å². The number of likely N-dealkylation sites (N-methyl/N-ethyl adjacent to an activating group) is 1. The number of phenols is 1. The molecule has 2 aliphatic heterocycles. The average molecular weight is 505 g/mol. The Morgan fingerprint density at radius 1 is 1.37 bits per heavy atom. The number of rotatable bonds is 7. The quantitative estimate of drug-likeness (QED) is 0.548. The first-order chi connectivity index (χ1) is 16.6. The SMILES string of the molecule is CO[C@@]12CC[C@@H](N[C@@H](CCSC)C(=O)OC(C)(C)C)[C@@H]3Oc4c(O)ccc5c4[C@@]31CCN(C)[C@@H]2C5. The lowest BCUT2D eigenvalue weighted by Crippen LogP contribution is -2.78. The minimum atomic E-state index is -0.543. The Labute approximate surface area is 213 Å². The first-order valence-corrected chi connectivity index (χ1v) is 14.2. The lowest BCUT2D eigenvalue weighted by atomic mass is 9.48. The van der Waals surface area contributed by atoms with Crippen molar-refractivity contribution in [3.05, 3.63) is 23.3 Å². The van der Waals surface area contributed by atoms with Crippen molar-refractivity contribution < 1.29 is 24.1 Å². The van der Waals surface area contributed by atoms with E-state index >= 15 is 0 Å². The molecule has 0 aromatic heterocycles. The number of thioether (sulfide) groups is 1. The van der Waals surface area contributed by atoms with E-state index in [1.165, 1.54) is 5.56 Å². The minimum Gasteiger partial charge on any atom is -0.504 e. The predicted octanol–water partition coefficient (Wildman–Crippen LogP) is 3.25. The van der Waals surface area contributed by atoms with Crippen molar-refractivity contribution in [2.45, 2.75) is 93.7 Å². The van der Waals surface area contributed by atoms with Gasteiger partial charge in [-0.2, -0.15) is 11.8 Å². The number of piperidine rings is 1. The topological polar surface area (TPSA) is 80.3 Å². The zero-order valence-electron chi connectivity index (χ0n) is 21.8. The summed E-state index contributed by atoms with van der Waals surface area (Å²) in [6.07, 6.45) is 5.99. The fraction of sp³-hybridized carbons (Fsp3) is 0.741. The Bertz CT molecular complexity index is 997. The molecule has 1 aromatic carbocycles. The molecule has 8 heteroatoms. The highest BCUT2D eigenvalue weighted by Crippen LogP contribution is 2.66. The summed E-state index contributed by atoms with van der Waals surface area (Å²) in [6.45, 7) is 6.67. The molecule has 2 bridgehead atoms. The molecule has 5 rings (SSSR count). The molecule has 35 heavy (non-hydrogen) atoms. The van der Waals surface area contributed by atoms with Crippen LogP contribution in [0.5, 0.6) is 11.5 Å². The van der Waals surface area contributed by atoms with Crippen molar-refractivity contribution in [1.29, 1.82) is 0 Å². The number of phenolic OH excluding ortho intramolecular Hbond substituents is 1. The Morgan fingerprint density at radius 2 is 2.14 bits per heavy atom. The van der Waals surface area contributed by atoms with Crippen LogP contribution in [0, 0.1) is 0 Å². The fourth-order valence-corrected chi connectivity index (χ4v) is 7.92. The van der Waals surface area contributed by atoms with Gasteiger partial charge in [-0.1, -0.05) is 6.07 Å². The maximum absolute atomic E-state index is 13.2. The van der Waals surface area contributed by atoms with Crippen LogP contribution in [-0.4, -0.2) is 84.1 Å². The van der Waals surface area contributed by atoms with Gasteiger partial charge in [0.2, 0.25) is 0 Å². The van der Waals surface area contributed by atoms with Gasteiger partial charge in [-0.3, -0.25) is 10.1 Å². The molecular formula is C27H40N2O5S. The van der Waals surface area contributed by atoms with Crippen LogP contribution < -0.4 is 10.1 Å². The highest BCUT2D eigenvalue weighted by molar-refractivity contribution is 7.98. The summed E-state index contributed by atoms with van der Waals surface area (Å²) in [5.41, 5.74) is 1.08. The van der Waals surface area contributed by atoms with Crippen LogP contribution in [0.1, 0.15) is 57.6 Å². The predicted molar refractivity (Wildman–Crippen MR) is 137 cm³/mol. The highest BCUT2D eigenvalue weighted by Gasteiger charge is 2.73. The van der Waals surface area contributed by atoms with Gasteiger partial charge in [0.05, 0.1) is 11.0 Å². The number of benzene rings is 1. The Balaban J connectivity index is 1.55. The number of carbonyl (C=O) groups is 1. The number of hydrogen-bond acceptors (Lipinski definition) is 8. The largest absolute Gasteiger partial charge is 0.504 e. The minimum absolute atomic E-state index is 0.0561. The third kappa shape index (κ3) is 3.70. The van der Waals surface area contributed by atoms with Crippen molar-refractivity contribution in [1.82, 2.24) is 10.2 Å². The van der Waals surface area contributed by atoms with Crippen LogP contribution in [0.3, 0.4) is 0 Å². The molecule has 2 aliphatic carbocycles. The average Bonchev–Trinajstić information content (AvgIpc) is 3.16. The summed E-state index contributed by atoms with van der Waals surface area (Å²) in [5.74, 6) is 1.46. The molecule has 0 unspecified atom stereocenters. The van der Waals surface area contributed by atoms with Gasteiger partial charge in [0.15, 0.2) is 11.5 Å². The number of methoxy groups -OCH3 is 1. The van der Waals surface area contributed by atoms with E-state index in [1.807, 2.05) is 27.9 Å². The number of nitrogens with one attached hydrogen (secondary N) is 1. The Morgan fingerprint density at radius 3 is 2.83 bits per heavy atom. The molecule has 0 amide bonds. The van der Waals surface area contributed by atoms with E-state index < -0.39 is 17.2 Å². The summed E-state index contributed by atoms with van der Waals surface area (Å²) >= 11 is 1.73. The van der Waals surface area contributed by atoms with Crippen molar-refractivity contribution in [2.75, 3.05) is 32.7 Å². The molecule has 0 radical (unpaired) electrons. The Kier molecular flexibility index (Phi) is 6.35. The Hall–Kier alpha value is -1.48. The van der Waals surface area contributed by atoms with Gasteiger partial charge in [0.25, 0.3) is 0 Å². The number of likely N-dealkylation sites (tertiary alicyclic amines) is 1. The van der Waals surface area contributed by atoms with Crippen LogP contribution in [0.2, 0.25) is 0 Å². The second-order valence-electron chi connectivity index (χ2n) is 11.7. The van der Waals surface area contributed by atoms with E-state index in [1.54, 1.807) is 17.8 Å². The zero-order valence-corrected chi connectivity index (χ0v) is 22.7. The van der Waals surface area contributed by atoms with Crippen molar-refractivity contribution in [3.63, 3.8) is 0 Å². The molecule has 2 N–H and O–H groups in total. The van der Waals surface area contributed by atoms with Gasteiger partial charge in [-0.15, -0.1) is 0 Å². The maximum atomic E-state index is 13.2. The molecule has 2 heterocycles. The number of ether oxygens (including phenoxy) is 3. The number of carbonyl (C=O) groups excluding carboxylic acids is 1. The number of hydrogen-bond donors (Lipinski definition) is 2. The van der Waals surface area contributed by atoms with Gasteiger partial charge in [-0.05, 0) is 90.1 Å².